The van der Waals surface area contributed by atoms with Crippen LogP contribution in [0.3, 0.4) is 0 Å². The molecular formula is C15H18O3. The molecule has 0 radical (unpaired) electrons. The van der Waals surface area contributed by atoms with Crippen LogP contribution in [0, 0.1) is 5.92 Å². The van der Waals surface area contributed by atoms with Gasteiger partial charge in [-0.3, -0.25) is 9.59 Å². The number of Topliss-reactive ketones (excluding diaryl/α,β-unsaturated/α-hetero) is 2. The van der Waals surface area contributed by atoms with Gasteiger partial charge in [0, 0.05) is 24.3 Å². The lowest BCUT2D eigenvalue weighted by Crippen LogP contribution is -2.22. The molecule has 0 bridgehead atoms. The molecule has 0 saturated heterocycles. The second-order valence-corrected chi connectivity index (χ2v) is 4.66. The minimum atomic E-state index is -0.136. The lowest BCUT2D eigenvalue weighted by molar-refractivity contribution is -0.121. The maximum atomic E-state index is 12.3. The predicted molar refractivity (Wildman–Crippen MR) is 68.9 cm³/mol. The second kappa shape index (κ2) is 5.80. The molecule has 3 nitrogen and oxygen atoms in total. The van der Waals surface area contributed by atoms with Crippen LogP contribution in [0.5, 0.6) is 5.75 Å². The fraction of sp³-hybridized carbons (Fsp3) is 0.467. The smallest absolute Gasteiger partial charge is 0.166 e. The number of ether oxygens (including phenoxy) is 1. The fourth-order valence-corrected chi connectivity index (χ4v) is 2.39. The van der Waals surface area contributed by atoms with Gasteiger partial charge in [-0.15, -0.1) is 0 Å². The van der Waals surface area contributed by atoms with E-state index in [2.05, 4.69) is 0 Å². The highest BCUT2D eigenvalue weighted by molar-refractivity contribution is 6.00. The van der Waals surface area contributed by atoms with E-state index in [1.807, 2.05) is 19.1 Å². The molecule has 1 saturated carbocycles. The Morgan fingerprint density at radius 1 is 1.44 bits per heavy atom. The van der Waals surface area contributed by atoms with Gasteiger partial charge in [0.2, 0.25) is 0 Å². The molecular weight excluding hydrogens is 228 g/mol. The van der Waals surface area contributed by atoms with Crippen molar-refractivity contribution in [1.29, 1.82) is 0 Å². The maximum Gasteiger partial charge on any atom is 0.166 e. The molecule has 1 unspecified atom stereocenters. The Morgan fingerprint density at radius 3 is 3.00 bits per heavy atom. The standard InChI is InChI=1S/C15H18O3/c1-2-18-14-8-4-6-12(10-14)15(17)11-5-3-7-13(16)9-11/h4,6,8,10-11H,2-3,5,7,9H2,1H3. The summed E-state index contributed by atoms with van der Waals surface area (Å²) in [5, 5.41) is 0. The van der Waals surface area contributed by atoms with Gasteiger partial charge in [-0.25, -0.2) is 0 Å². The van der Waals surface area contributed by atoms with Gasteiger partial charge in [0.25, 0.3) is 0 Å². The monoisotopic (exact) mass is 246 g/mol. The van der Waals surface area contributed by atoms with Gasteiger partial charge in [0.05, 0.1) is 6.61 Å². The van der Waals surface area contributed by atoms with Gasteiger partial charge in [-0.2, -0.15) is 0 Å². The topological polar surface area (TPSA) is 43.4 Å². The van der Waals surface area contributed by atoms with Crippen LogP contribution in [-0.2, 0) is 4.79 Å². The number of carbonyl (C=O) groups is 2. The first-order chi connectivity index (χ1) is 8.70. The molecule has 18 heavy (non-hydrogen) atoms. The Kier molecular flexibility index (Phi) is 4.13. The van der Waals surface area contributed by atoms with E-state index in [-0.39, 0.29) is 17.5 Å². The summed E-state index contributed by atoms with van der Waals surface area (Å²) in [6.07, 6.45) is 2.68. The molecule has 96 valence electrons. The number of rotatable bonds is 4. The average molecular weight is 246 g/mol. The Labute approximate surface area is 107 Å². The van der Waals surface area contributed by atoms with Gasteiger partial charge >= 0.3 is 0 Å². The largest absolute Gasteiger partial charge is 0.494 e. The van der Waals surface area contributed by atoms with Crippen molar-refractivity contribution in [2.24, 2.45) is 5.92 Å². The highest BCUT2D eigenvalue weighted by Crippen LogP contribution is 2.26. The molecule has 1 fully saturated rings. The van der Waals surface area contributed by atoms with Crippen molar-refractivity contribution >= 4 is 11.6 Å². The molecule has 1 aliphatic carbocycles. The Balaban J connectivity index is 2.12. The maximum absolute atomic E-state index is 12.3. The first kappa shape index (κ1) is 12.8. The van der Waals surface area contributed by atoms with Crippen molar-refractivity contribution in [3.05, 3.63) is 29.8 Å². The second-order valence-electron chi connectivity index (χ2n) is 4.66. The van der Waals surface area contributed by atoms with Crippen LogP contribution in [-0.4, -0.2) is 18.2 Å². The van der Waals surface area contributed by atoms with Crippen molar-refractivity contribution in [1.82, 2.24) is 0 Å². The Bertz CT molecular complexity index is 451. The molecule has 1 atom stereocenters. The van der Waals surface area contributed by atoms with E-state index in [9.17, 15) is 9.59 Å². The van der Waals surface area contributed by atoms with Crippen molar-refractivity contribution in [2.75, 3.05) is 6.61 Å². The molecule has 1 aliphatic rings. The SMILES string of the molecule is CCOc1cccc(C(=O)C2CCCC(=O)C2)c1. The normalized spacial score (nSPS) is 19.6. The van der Waals surface area contributed by atoms with E-state index < -0.39 is 0 Å². The molecule has 0 amide bonds. The molecule has 0 aromatic heterocycles. The van der Waals surface area contributed by atoms with E-state index >= 15 is 0 Å². The number of hydrogen-bond donors (Lipinski definition) is 0. The van der Waals surface area contributed by atoms with Crippen molar-refractivity contribution in [2.45, 2.75) is 32.6 Å². The van der Waals surface area contributed by atoms with E-state index in [4.69, 9.17) is 4.74 Å². The number of benzene rings is 1. The molecule has 3 heteroatoms. The highest BCUT2D eigenvalue weighted by atomic mass is 16.5. The van der Waals surface area contributed by atoms with Crippen LogP contribution in [0.15, 0.2) is 24.3 Å². The first-order valence-corrected chi connectivity index (χ1v) is 6.49. The lowest BCUT2D eigenvalue weighted by atomic mass is 9.83. The van der Waals surface area contributed by atoms with E-state index in [1.54, 1.807) is 12.1 Å². The van der Waals surface area contributed by atoms with Crippen LogP contribution in [0.25, 0.3) is 0 Å². The molecule has 1 aromatic carbocycles. The molecule has 0 N–H and O–H groups in total. The summed E-state index contributed by atoms with van der Waals surface area (Å²) in [6.45, 7) is 2.49. The summed E-state index contributed by atoms with van der Waals surface area (Å²) in [4.78, 5) is 23.7. The number of carbonyl (C=O) groups excluding carboxylic acids is 2. The van der Waals surface area contributed by atoms with E-state index in [1.165, 1.54) is 0 Å². The Morgan fingerprint density at radius 2 is 2.28 bits per heavy atom. The summed E-state index contributed by atoms with van der Waals surface area (Å²) in [6, 6.07) is 7.23. The van der Waals surface area contributed by atoms with Crippen LogP contribution >= 0.6 is 0 Å². The molecule has 2 rings (SSSR count). The fourth-order valence-electron chi connectivity index (χ4n) is 2.39. The predicted octanol–water partition coefficient (Wildman–Crippen LogP) is 3.03. The van der Waals surface area contributed by atoms with Crippen molar-refractivity contribution in [3.63, 3.8) is 0 Å². The van der Waals surface area contributed by atoms with Crippen LogP contribution in [0.2, 0.25) is 0 Å². The minimum Gasteiger partial charge on any atom is -0.494 e. The van der Waals surface area contributed by atoms with Gasteiger partial charge in [0.1, 0.15) is 11.5 Å². The summed E-state index contributed by atoms with van der Waals surface area (Å²) in [5.41, 5.74) is 0.653. The van der Waals surface area contributed by atoms with Gasteiger partial charge < -0.3 is 4.74 Å². The molecule has 1 aromatic rings. The lowest BCUT2D eigenvalue weighted by Gasteiger charge is -2.19. The molecule has 0 heterocycles. The first-order valence-electron chi connectivity index (χ1n) is 6.49. The third-order valence-corrected chi connectivity index (χ3v) is 3.28. The zero-order chi connectivity index (χ0) is 13.0. The minimum absolute atomic E-state index is 0.0737. The molecule has 0 spiro atoms. The van der Waals surface area contributed by atoms with E-state index in [0.717, 1.165) is 12.8 Å². The van der Waals surface area contributed by atoms with Gasteiger partial charge in [-0.05, 0) is 31.9 Å². The summed E-state index contributed by atoms with van der Waals surface area (Å²) in [7, 11) is 0. The third kappa shape index (κ3) is 2.97. The number of hydrogen-bond acceptors (Lipinski definition) is 3. The summed E-state index contributed by atoms with van der Waals surface area (Å²) >= 11 is 0. The van der Waals surface area contributed by atoms with Gasteiger partial charge in [0.15, 0.2) is 5.78 Å². The van der Waals surface area contributed by atoms with Crippen LogP contribution < -0.4 is 4.74 Å². The average Bonchev–Trinajstić information content (AvgIpc) is 2.39. The Hall–Kier alpha value is -1.64. The summed E-state index contributed by atoms with van der Waals surface area (Å²) in [5.74, 6) is 0.860. The highest BCUT2D eigenvalue weighted by Gasteiger charge is 2.26. The zero-order valence-electron chi connectivity index (χ0n) is 10.6. The summed E-state index contributed by atoms with van der Waals surface area (Å²) < 4.78 is 5.39. The molecule has 0 aliphatic heterocycles. The number of ketones is 2. The van der Waals surface area contributed by atoms with E-state index in [0.29, 0.717) is 30.8 Å². The van der Waals surface area contributed by atoms with Crippen LogP contribution in [0.1, 0.15) is 43.0 Å². The quantitative estimate of drug-likeness (QED) is 0.767. The third-order valence-electron chi connectivity index (χ3n) is 3.28. The van der Waals surface area contributed by atoms with Crippen LogP contribution in [0.4, 0.5) is 0 Å². The van der Waals surface area contributed by atoms with Gasteiger partial charge in [-0.1, -0.05) is 12.1 Å². The van der Waals surface area contributed by atoms with Crippen molar-refractivity contribution in [3.8, 4) is 5.75 Å². The van der Waals surface area contributed by atoms with Crippen molar-refractivity contribution < 1.29 is 14.3 Å². The zero-order valence-corrected chi connectivity index (χ0v) is 10.6.